The summed E-state index contributed by atoms with van der Waals surface area (Å²) in [5.41, 5.74) is 0.668. The molecule has 0 aliphatic carbocycles. The van der Waals surface area contributed by atoms with Crippen LogP contribution in [0.5, 0.6) is 0 Å². The van der Waals surface area contributed by atoms with Crippen LogP contribution in [0, 0.1) is 6.92 Å². The summed E-state index contributed by atoms with van der Waals surface area (Å²) >= 11 is 1.11. The van der Waals surface area contributed by atoms with Crippen LogP contribution in [-0.2, 0) is 0 Å². The number of hydrogen-bond donors (Lipinski definition) is 1. The van der Waals surface area contributed by atoms with E-state index in [9.17, 15) is 9.90 Å². The largest absolute Gasteiger partial charge is 0.391 e. The first-order valence-electron chi connectivity index (χ1n) is 4.45. The number of aliphatic hydroxyl groups is 1. The summed E-state index contributed by atoms with van der Waals surface area (Å²) in [4.78, 5) is 14.0. The van der Waals surface area contributed by atoms with E-state index in [0.717, 1.165) is 11.5 Å². The van der Waals surface area contributed by atoms with E-state index in [4.69, 9.17) is 0 Å². The molecule has 5 nitrogen and oxygen atoms in total. The molecule has 0 spiro atoms. The van der Waals surface area contributed by atoms with Gasteiger partial charge in [-0.25, -0.2) is 0 Å². The molecule has 1 N–H and O–H groups in total. The number of likely N-dealkylation sites (tertiary alicyclic amines) is 1. The highest BCUT2D eigenvalue weighted by atomic mass is 32.1. The Kier molecular flexibility index (Phi) is 2.47. The van der Waals surface area contributed by atoms with Crippen molar-refractivity contribution < 1.29 is 9.90 Å². The molecular weight excluding hydrogens is 202 g/mol. The summed E-state index contributed by atoms with van der Waals surface area (Å²) in [6.45, 7) is 2.82. The van der Waals surface area contributed by atoms with Crippen LogP contribution in [0.2, 0.25) is 0 Å². The second kappa shape index (κ2) is 3.62. The van der Waals surface area contributed by atoms with Gasteiger partial charge in [-0.2, -0.15) is 0 Å². The Morgan fingerprint density at radius 3 is 3.00 bits per heavy atom. The minimum Gasteiger partial charge on any atom is -0.391 e. The maximum Gasteiger partial charge on any atom is 0.267 e. The summed E-state index contributed by atoms with van der Waals surface area (Å²) in [7, 11) is 0. The second-order valence-corrected chi connectivity index (χ2v) is 4.14. The molecule has 1 aromatic heterocycles. The van der Waals surface area contributed by atoms with Crippen molar-refractivity contribution in [2.24, 2.45) is 0 Å². The number of aromatic nitrogens is 2. The van der Waals surface area contributed by atoms with Gasteiger partial charge in [-0.1, -0.05) is 4.49 Å². The molecule has 1 unspecified atom stereocenters. The van der Waals surface area contributed by atoms with Crippen molar-refractivity contribution in [1.82, 2.24) is 14.5 Å². The standard InChI is InChI=1S/C8H11N3O2S/c1-5-7(14-10-9-5)8(13)11-3-2-6(12)4-11/h6,12H,2-4H2,1H3. The Balaban J connectivity index is 2.13. The Hall–Kier alpha value is -1.01. The number of aryl methyl sites for hydroxylation is 1. The molecule has 1 atom stereocenters. The lowest BCUT2D eigenvalue weighted by molar-refractivity contribution is 0.0769. The smallest absolute Gasteiger partial charge is 0.267 e. The lowest BCUT2D eigenvalue weighted by Gasteiger charge is -2.13. The molecule has 1 aliphatic rings. The normalized spacial score (nSPS) is 21.6. The molecule has 1 aromatic rings. The molecule has 2 heterocycles. The average molecular weight is 213 g/mol. The van der Waals surface area contributed by atoms with Crippen LogP contribution in [0.3, 0.4) is 0 Å². The van der Waals surface area contributed by atoms with Crippen LogP contribution in [0.1, 0.15) is 21.8 Å². The van der Waals surface area contributed by atoms with Gasteiger partial charge < -0.3 is 10.0 Å². The minimum atomic E-state index is -0.375. The van der Waals surface area contributed by atoms with Crippen LogP contribution >= 0.6 is 11.5 Å². The predicted molar refractivity (Wildman–Crippen MR) is 51.2 cm³/mol. The van der Waals surface area contributed by atoms with Gasteiger partial charge in [0.05, 0.1) is 11.8 Å². The lowest BCUT2D eigenvalue weighted by Crippen LogP contribution is -2.29. The first kappa shape index (κ1) is 9.54. The molecule has 6 heteroatoms. The first-order valence-corrected chi connectivity index (χ1v) is 5.22. The van der Waals surface area contributed by atoms with Crippen molar-refractivity contribution in [3.63, 3.8) is 0 Å². The predicted octanol–water partition coefficient (Wildman–Crippen LogP) is 0.0533. The SMILES string of the molecule is Cc1nnsc1C(=O)N1CCC(O)C1. The van der Waals surface area contributed by atoms with Gasteiger partial charge in [-0.15, -0.1) is 5.10 Å². The summed E-state index contributed by atoms with van der Waals surface area (Å²) in [6.07, 6.45) is 0.289. The van der Waals surface area contributed by atoms with E-state index >= 15 is 0 Å². The summed E-state index contributed by atoms with van der Waals surface area (Å²) in [6, 6.07) is 0. The Labute approximate surface area is 85.5 Å². The average Bonchev–Trinajstić information content (AvgIpc) is 2.73. The zero-order chi connectivity index (χ0) is 10.1. The Morgan fingerprint density at radius 1 is 1.71 bits per heavy atom. The molecule has 1 saturated heterocycles. The fourth-order valence-electron chi connectivity index (χ4n) is 1.50. The molecule has 1 amide bonds. The highest BCUT2D eigenvalue weighted by molar-refractivity contribution is 7.07. The molecule has 2 rings (SSSR count). The van der Waals surface area contributed by atoms with E-state index in [-0.39, 0.29) is 12.0 Å². The van der Waals surface area contributed by atoms with Crippen molar-refractivity contribution in [2.75, 3.05) is 13.1 Å². The third-order valence-electron chi connectivity index (χ3n) is 2.30. The zero-order valence-corrected chi connectivity index (χ0v) is 8.62. The molecule has 1 fully saturated rings. The number of carbonyl (C=O) groups is 1. The van der Waals surface area contributed by atoms with Crippen molar-refractivity contribution in [1.29, 1.82) is 0 Å². The number of nitrogens with zero attached hydrogens (tertiary/aromatic N) is 3. The number of carbonyl (C=O) groups excluding carboxylic acids is 1. The van der Waals surface area contributed by atoms with Gasteiger partial charge >= 0.3 is 0 Å². The maximum atomic E-state index is 11.8. The topological polar surface area (TPSA) is 66.3 Å². The Bertz CT molecular complexity index is 352. The monoisotopic (exact) mass is 213 g/mol. The summed E-state index contributed by atoms with van der Waals surface area (Å²) in [5, 5.41) is 13.1. The molecule has 0 bridgehead atoms. The van der Waals surface area contributed by atoms with Gasteiger partial charge in [0.2, 0.25) is 0 Å². The Morgan fingerprint density at radius 2 is 2.50 bits per heavy atom. The van der Waals surface area contributed by atoms with Crippen LogP contribution in [0.4, 0.5) is 0 Å². The fraction of sp³-hybridized carbons (Fsp3) is 0.625. The number of β-amino-alcohol motifs (C(OH)–C–C–N with tert-alkyl or cyclic N) is 1. The summed E-state index contributed by atoms with van der Waals surface area (Å²) in [5.74, 6) is -0.0611. The van der Waals surface area contributed by atoms with Crippen molar-refractivity contribution in [3.8, 4) is 0 Å². The highest BCUT2D eigenvalue weighted by Crippen LogP contribution is 2.17. The van der Waals surface area contributed by atoms with E-state index in [1.807, 2.05) is 0 Å². The maximum absolute atomic E-state index is 11.8. The van der Waals surface area contributed by atoms with Crippen molar-refractivity contribution in [2.45, 2.75) is 19.4 Å². The van der Waals surface area contributed by atoms with E-state index in [0.29, 0.717) is 30.1 Å². The third-order valence-corrected chi connectivity index (χ3v) is 3.11. The van der Waals surface area contributed by atoms with Gasteiger partial charge in [-0.05, 0) is 24.9 Å². The van der Waals surface area contributed by atoms with Crippen molar-refractivity contribution in [3.05, 3.63) is 10.6 Å². The van der Waals surface area contributed by atoms with Gasteiger partial charge in [0.25, 0.3) is 5.91 Å². The number of rotatable bonds is 1. The van der Waals surface area contributed by atoms with Crippen LogP contribution in [-0.4, -0.2) is 44.7 Å². The number of hydrogen-bond acceptors (Lipinski definition) is 5. The van der Waals surface area contributed by atoms with E-state index < -0.39 is 0 Å². The van der Waals surface area contributed by atoms with Crippen LogP contribution in [0.15, 0.2) is 0 Å². The second-order valence-electron chi connectivity index (χ2n) is 3.38. The van der Waals surface area contributed by atoms with E-state index in [1.165, 1.54) is 0 Å². The van der Waals surface area contributed by atoms with E-state index in [2.05, 4.69) is 9.59 Å². The summed E-state index contributed by atoms with van der Waals surface area (Å²) < 4.78 is 3.71. The number of aliphatic hydroxyl groups excluding tert-OH is 1. The first-order chi connectivity index (χ1) is 6.68. The highest BCUT2D eigenvalue weighted by Gasteiger charge is 2.27. The number of amides is 1. The third kappa shape index (κ3) is 1.62. The van der Waals surface area contributed by atoms with E-state index in [1.54, 1.807) is 11.8 Å². The van der Waals surface area contributed by atoms with Gasteiger partial charge in [0, 0.05) is 13.1 Å². The van der Waals surface area contributed by atoms with Gasteiger partial charge in [-0.3, -0.25) is 4.79 Å². The van der Waals surface area contributed by atoms with Crippen LogP contribution in [0.25, 0.3) is 0 Å². The van der Waals surface area contributed by atoms with Crippen molar-refractivity contribution >= 4 is 17.4 Å². The molecule has 14 heavy (non-hydrogen) atoms. The quantitative estimate of drug-likeness (QED) is 0.716. The molecule has 0 saturated carbocycles. The lowest BCUT2D eigenvalue weighted by atomic mass is 10.3. The molecule has 0 aromatic carbocycles. The zero-order valence-electron chi connectivity index (χ0n) is 7.80. The van der Waals surface area contributed by atoms with Crippen LogP contribution < -0.4 is 0 Å². The molecule has 0 radical (unpaired) electrons. The molecular formula is C8H11N3O2S. The molecule has 76 valence electrons. The minimum absolute atomic E-state index is 0.0611. The fourth-order valence-corrected chi connectivity index (χ4v) is 2.12. The molecule has 1 aliphatic heterocycles. The van der Waals surface area contributed by atoms with Gasteiger partial charge in [0.1, 0.15) is 4.88 Å². The van der Waals surface area contributed by atoms with Gasteiger partial charge in [0.15, 0.2) is 0 Å².